The van der Waals surface area contributed by atoms with E-state index in [0.717, 1.165) is 12.0 Å². The van der Waals surface area contributed by atoms with E-state index in [-0.39, 0.29) is 11.9 Å². The zero-order valence-corrected chi connectivity index (χ0v) is 8.29. The molecule has 14 heavy (non-hydrogen) atoms. The summed E-state index contributed by atoms with van der Waals surface area (Å²) in [6.07, 6.45) is 4.29. The van der Waals surface area contributed by atoms with E-state index in [1.54, 1.807) is 6.08 Å². The first-order valence-electron chi connectivity index (χ1n) is 4.48. The lowest BCUT2D eigenvalue weighted by Gasteiger charge is -2.19. The lowest BCUT2D eigenvalue weighted by atomic mass is 10.0. The average molecular weight is 208 g/mol. The van der Waals surface area contributed by atoms with Gasteiger partial charge >= 0.3 is 0 Å². The number of rotatable bonds is 1. The highest BCUT2D eigenvalue weighted by Crippen LogP contribution is 2.21. The highest BCUT2D eigenvalue weighted by atomic mass is 35.5. The van der Waals surface area contributed by atoms with E-state index in [1.807, 2.05) is 30.3 Å². The van der Waals surface area contributed by atoms with Crippen LogP contribution in [0.3, 0.4) is 0 Å². The number of hydrogen-bond acceptors (Lipinski definition) is 1. The van der Waals surface area contributed by atoms with Crippen LogP contribution in [0.1, 0.15) is 18.0 Å². The minimum atomic E-state index is -0.0313. The van der Waals surface area contributed by atoms with Crippen LogP contribution in [0.4, 0.5) is 0 Å². The van der Waals surface area contributed by atoms with Crippen molar-refractivity contribution >= 4 is 17.5 Å². The van der Waals surface area contributed by atoms with Crippen molar-refractivity contribution in [2.75, 3.05) is 0 Å². The third-order valence-corrected chi connectivity index (χ3v) is 2.48. The van der Waals surface area contributed by atoms with Crippen LogP contribution >= 0.6 is 11.6 Å². The summed E-state index contributed by atoms with van der Waals surface area (Å²) in [6.45, 7) is 0. The molecule has 1 aromatic carbocycles. The second-order valence-electron chi connectivity index (χ2n) is 3.25. The minimum absolute atomic E-state index is 0.0313. The molecule has 3 heteroatoms. The topological polar surface area (TPSA) is 29.1 Å². The molecular formula is C11H10ClNO. The van der Waals surface area contributed by atoms with Crippen molar-refractivity contribution in [3.05, 3.63) is 47.0 Å². The summed E-state index contributed by atoms with van der Waals surface area (Å²) >= 11 is 5.78. The van der Waals surface area contributed by atoms with Gasteiger partial charge in [0.25, 0.3) is 0 Å². The molecule has 72 valence electrons. The largest absolute Gasteiger partial charge is 0.345 e. The minimum Gasteiger partial charge on any atom is -0.345 e. The molecule has 1 aromatic rings. The molecule has 0 saturated heterocycles. The van der Waals surface area contributed by atoms with Crippen LogP contribution < -0.4 is 5.32 Å². The number of amides is 1. The molecule has 0 aliphatic carbocycles. The van der Waals surface area contributed by atoms with Crippen molar-refractivity contribution in [1.82, 2.24) is 5.32 Å². The van der Waals surface area contributed by atoms with Gasteiger partial charge < -0.3 is 5.32 Å². The quantitative estimate of drug-likeness (QED) is 0.753. The summed E-state index contributed by atoms with van der Waals surface area (Å²) < 4.78 is 0. The van der Waals surface area contributed by atoms with Crippen molar-refractivity contribution < 1.29 is 4.79 Å². The van der Waals surface area contributed by atoms with Crippen molar-refractivity contribution in [2.24, 2.45) is 0 Å². The van der Waals surface area contributed by atoms with E-state index in [9.17, 15) is 4.79 Å². The smallest absolute Gasteiger partial charge is 0.244 e. The first-order chi connectivity index (χ1) is 6.75. The van der Waals surface area contributed by atoms with Gasteiger partial charge in [-0.25, -0.2) is 0 Å². The van der Waals surface area contributed by atoms with Gasteiger partial charge in [-0.3, -0.25) is 4.79 Å². The Bertz CT molecular complexity index is 369. The molecule has 0 fully saturated rings. The maximum Gasteiger partial charge on any atom is 0.244 e. The molecule has 1 N–H and O–H groups in total. The highest BCUT2D eigenvalue weighted by molar-refractivity contribution is 6.30. The molecule has 2 nitrogen and oxygen atoms in total. The molecule has 0 aromatic heterocycles. The predicted octanol–water partition coefficient (Wildman–Crippen LogP) is 2.46. The summed E-state index contributed by atoms with van der Waals surface area (Å²) in [5, 5.41) is 3.60. The van der Waals surface area contributed by atoms with Gasteiger partial charge in [-0.1, -0.05) is 29.8 Å². The second kappa shape index (κ2) is 3.84. The molecule has 0 spiro atoms. The summed E-state index contributed by atoms with van der Waals surface area (Å²) in [5.74, 6) is -0.0313. The SMILES string of the molecule is O=C1C=CC[C@@H](c2ccc(Cl)cc2)N1. The third-order valence-electron chi connectivity index (χ3n) is 2.23. The maximum atomic E-state index is 11.1. The zero-order valence-electron chi connectivity index (χ0n) is 7.53. The van der Waals surface area contributed by atoms with Crippen LogP contribution in [0.5, 0.6) is 0 Å². The molecule has 1 aliphatic rings. The predicted molar refractivity (Wildman–Crippen MR) is 56.1 cm³/mol. The van der Waals surface area contributed by atoms with Crippen molar-refractivity contribution in [1.29, 1.82) is 0 Å². The Morgan fingerprint density at radius 2 is 2.00 bits per heavy atom. The Morgan fingerprint density at radius 1 is 1.29 bits per heavy atom. The Kier molecular flexibility index (Phi) is 2.55. The van der Waals surface area contributed by atoms with Gasteiger partial charge in [0.15, 0.2) is 0 Å². The van der Waals surface area contributed by atoms with Crippen LogP contribution in [0.2, 0.25) is 5.02 Å². The van der Waals surface area contributed by atoms with Crippen LogP contribution in [0.15, 0.2) is 36.4 Å². The summed E-state index contributed by atoms with van der Waals surface area (Å²) in [7, 11) is 0. The number of halogens is 1. The Morgan fingerprint density at radius 3 is 2.64 bits per heavy atom. The average Bonchev–Trinajstić information content (AvgIpc) is 2.19. The standard InChI is InChI=1S/C11H10ClNO/c12-9-6-4-8(5-7-9)10-2-1-3-11(14)13-10/h1,3-7,10H,2H2,(H,13,14)/t10-/m0/s1. The molecule has 1 heterocycles. The van der Waals surface area contributed by atoms with Crippen LogP contribution in [-0.2, 0) is 4.79 Å². The van der Waals surface area contributed by atoms with E-state index in [1.165, 1.54) is 0 Å². The van der Waals surface area contributed by atoms with Crippen molar-refractivity contribution in [3.8, 4) is 0 Å². The molecule has 0 saturated carbocycles. The highest BCUT2D eigenvalue weighted by Gasteiger charge is 2.14. The fourth-order valence-corrected chi connectivity index (χ4v) is 1.63. The van der Waals surface area contributed by atoms with Gasteiger partial charge in [-0.05, 0) is 30.2 Å². The van der Waals surface area contributed by atoms with Gasteiger partial charge in [0.2, 0.25) is 5.91 Å². The van der Waals surface area contributed by atoms with E-state index < -0.39 is 0 Å². The Balaban J connectivity index is 2.19. The fourth-order valence-electron chi connectivity index (χ4n) is 1.50. The van der Waals surface area contributed by atoms with Gasteiger partial charge in [0.1, 0.15) is 0 Å². The fraction of sp³-hybridized carbons (Fsp3) is 0.182. The molecule has 1 aliphatic heterocycles. The van der Waals surface area contributed by atoms with Crippen LogP contribution in [-0.4, -0.2) is 5.91 Å². The number of nitrogens with one attached hydrogen (secondary N) is 1. The van der Waals surface area contributed by atoms with Gasteiger partial charge in [-0.15, -0.1) is 0 Å². The van der Waals surface area contributed by atoms with Crippen molar-refractivity contribution in [3.63, 3.8) is 0 Å². The Hall–Kier alpha value is -1.28. The van der Waals surface area contributed by atoms with Gasteiger partial charge in [-0.2, -0.15) is 0 Å². The summed E-state index contributed by atoms with van der Waals surface area (Å²) in [5.41, 5.74) is 1.09. The van der Waals surface area contributed by atoms with Crippen LogP contribution in [0, 0.1) is 0 Å². The first-order valence-corrected chi connectivity index (χ1v) is 4.86. The lowest BCUT2D eigenvalue weighted by Crippen LogP contribution is -2.29. The number of carbonyl (C=O) groups excluding carboxylic acids is 1. The first kappa shape index (κ1) is 9.28. The molecule has 2 rings (SSSR count). The molecule has 0 bridgehead atoms. The monoisotopic (exact) mass is 207 g/mol. The van der Waals surface area contributed by atoms with Crippen LogP contribution in [0.25, 0.3) is 0 Å². The normalized spacial score (nSPS) is 20.6. The maximum absolute atomic E-state index is 11.1. The molecule has 0 unspecified atom stereocenters. The van der Waals surface area contributed by atoms with Crippen molar-refractivity contribution in [2.45, 2.75) is 12.5 Å². The molecule has 1 atom stereocenters. The third kappa shape index (κ3) is 1.96. The zero-order chi connectivity index (χ0) is 9.97. The summed E-state index contributed by atoms with van der Waals surface area (Å²) in [4.78, 5) is 11.1. The Labute approximate surface area is 87.6 Å². The van der Waals surface area contributed by atoms with E-state index in [4.69, 9.17) is 11.6 Å². The number of benzene rings is 1. The van der Waals surface area contributed by atoms with E-state index >= 15 is 0 Å². The van der Waals surface area contributed by atoms with E-state index in [0.29, 0.717) is 5.02 Å². The second-order valence-corrected chi connectivity index (χ2v) is 3.69. The molecule has 1 amide bonds. The number of hydrogen-bond donors (Lipinski definition) is 1. The summed E-state index contributed by atoms with van der Waals surface area (Å²) in [6, 6.07) is 7.63. The molecular weight excluding hydrogens is 198 g/mol. The van der Waals surface area contributed by atoms with Gasteiger partial charge in [0.05, 0.1) is 6.04 Å². The van der Waals surface area contributed by atoms with Gasteiger partial charge in [0, 0.05) is 5.02 Å². The molecule has 0 radical (unpaired) electrons. The van der Waals surface area contributed by atoms with E-state index in [2.05, 4.69) is 5.32 Å². The number of carbonyl (C=O) groups is 1. The lowest BCUT2D eigenvalue weighted by molar-refractivity contribution is -0.117.